The van der Waals surface area contributed by atoms with Gasteiger partial charge in [0, 0.05) is 13.1 Å². The average Bonchev–Trinajstić information content (AvgIpc) is 2.16. The lowest BCUT2D eigenvalue weighted by molar-refractivity contribution is 0.454. The molecule has 0 saturated heterocycles. The Kier molecular flexibility index (Phi) is 3.84. The summed E-state index contributed by atoms with van der Waals surface area (Å²) in [6.07, 6.45) is 0.859. The summed E-state index contributed by atoms with van der Waals surface area (Å²) >= 11 is 0. The molecule has 1 aromatic heterocycles. The molecule has 15 heavy (non-hydrogen) atoms. The third-order valence-corrected chi connectivity index (χ3v) is 1.55. The second-order valence-electron chi connectivity index (χ2n) is 2.66. The minimum atomic E-state index is -1.14. The van der Waals surface area contributed by atoms with Crippen molar-refractivity contribution in [3.63, 3.8) is 0 Å². The summed E-state index contributed by atoms with van der Waals surface area (Å²) in [5.41, 5.74) is 0. The van der Waals surface area contributed by atoms with Gasteiger partial charge >= 0.3 is 12.2 Å². The Labute approximate surface area is 86.0 Å². The third-order valence-electron chi connectivity index (χ3n) is 1.55. The molecule has 0 radical (unpaired) electrons. The summed E-state index contributed by atoms with van der Waals surface area (Å²) in [6, 6.07) is 0. The molecule has 1 heterocycles. The zero-order valence-corrected chi connectivity index (χ0v) is 8.03. The van der Waals surface area contributed by atoms with Gasteiger partial charge in [-0.25, -0.2) is 0 Å². The van der Waals surface area contributed by atoms with E-state index in [1.807, 2.05) is 0 Å². The Bertz CT molecular complexity index is 337. The first-order valence-electron chi connectivity index (χ1n) is 4.21. The maximum atomic E-state index is 12.7. The minimum Gasteiger partial charge on any atom is -0.333 e. The molecular formula is C9H10F2N4. The molecule has 0 spiro atoms. The SMILES string of the molecule is C=CCN(CC=C)c1nc(F)nc(F)n1. The van der Waals surface area contributed by atoms with Crippen molar-refractivity contribution in [2.45, 2.75) is 0 Å². The van der Waals surface area contributed by atoms with Crippen molar-refractivity contribution in [3.8, 4) is 0 Å². The van der Waals surface area contributed by atoms with Gasteiger partial charge in [-0.15, -0.1) is 13.2 Å². The molecule has 0 aliphatic rings. The van der Waals surface area contributed by atoms with Crippen LogP contribution in [0, 0.1) is 12.2 Å². The monoisotopic (exact) mass is 212 g/mol. The first kappa shape index (κ1) is 11.2. The average molecular weight is 212 g/mol. The van der Waals surface area contributed by atoms with E-state index in [0.29, 0.717) is 13.1 Å². The number of halogens is 2. The summed E-state index contributed by atoms with van der Waals surface area (Å²) in [7, 11) is 0. The number of hydrogen-bond donors (Lipinski definition) is 0. The van der Waals surface area contributed by atoms with E-state index in [9.17, 15) is 8.78 Å². The molecule has 0 saturated carbocycles. The van der Waals surface area contributed by atoms with E-state index in [1.165, 1.54) is 4.90 Å². The zero-order valence-electron chi connectivity index (χ0n) is 8.03. The lowest BCUT2D eigenvalue weighted by atomic mass is 10.5. The van der Waals surface area contributed by atoms with Crippen molar-refractivity contribution < 1.29 is 8.78 Å². The van der Waals surface area contributed by atoms with Crippen LogP contribution in [0.5, 0.6) is 0 Å². The van der Waals surface area contributed by atoms with Gasteiger partial charge in [-0.3, -0.25) is 0 Å². The molecule has 0 amide bonds. The second-order valence-corrected chi connectivity index (χ2v) is 2.66. The lowest BCUT2D eigenvalue weighted by Gasteiger charge is -2.18. The highest BCUT2D eigenvalue weighted by Crippen LogP contribution is 2.06. The molecule has 80 valence electrons. The van der Waals surface area contributed by atoms with Crippen LogP contribution in [0.1, 0.15) is 0 Å². The van der Waals surface area contributed by atoms with Gasteiger partial charge in [0.2, 0.25) is 5.95 Å². The molecule has 0 atom stereocenters. The predicted octanol–water partition coefficient (Wildman–Crippen LogP) is 1.33. The summed E-state index contributed by atoms with van der Waals surface area (Å²) in [6.45, 7) is 7.78. The normalized spacial score (nSPS) is 9.73. The number of aromatic nitrogens is 3. The molecule has 0 unspecified atom stereocenters. The second kappa shape index (κ2) is 5.14. The van der Waals surface area contributed by atoms with E-state index >= 15 is 0 Å². The maximum Gasteiger partial charge on any atom is 0.315 e. The molecule has 0 fully saturated rings. The molecule has 0 N–H and O–H groups in total. The quantitative estimate of drug-likeness (QED) is 0.690. The Morgan fingerprint density at radius 3 is 1.87 bits per heavy atom. The molecule has 1 rings (SSSR count). The van der Waals surface area contributed by atoms with E-state index in [1.54, 1.807) is 12.2 Å². The van der Waals surface area contributed by atoms with E-state index in [2.05, 4.69) is 28.1 Å². The summed E-state index contributed by atoms with van der Waals surface area (Å²) in [5.74, 6) is -0.0696. The van der Waals surface area contributed by atoms with Crippen LogP contribution in [-0.2, 0) is 0 Å². The minimum absolute atomic E-state index is 0.0696. The van der Waals surface area contributed by atoms with Crippen molar-refractivity contribution in [2.75, 3.05) is 18.0 Å². The number of rotatable bonds is 5. The van der Waals surface area contributed by atoms with Crippen LogP contribution in [-0.4, -0.2) is 28.0 Å². The van der Waals surface area contributed by atoms with E-state index in [4.69, 9.17) is 0 Å². The molecule has 1 aromatic rings. The maximum absolute atomic E-state index is 12.7. The fourth-order valence-electron chi connectivity index (χ4n) is 1.01. The van der Waals surface area contributed by atoms with E-state index in [0.717, 1.165) is 0 Å². The van der Waals surface area contributed by atoms with Crippen LogP contribution in [0.15, 0.2) is 25.3 Å². The molecule has 0 aromatic carbocycles. The highest BCUT2D eigenvalue weighted by molar-refractivity contribution is 5.30. The lowest BCUT2D eigenvalue weighted by Crippen LogP contribution is -2.26. The standard InChI is InChI=1S/C9H10F2N4/c1-3-5-15(6-4-2)9-13-7(10)12-8(11)14-9/h3-4H,1-2,5-6H2. The first-order chi connectivity index (χ1) is 7.17. The number of hydrogen-bond acceptors (Lipinski definition) is 4. The Hall–Kier alpha value is -1.85. The Morgan fingerprint density at radius 2 is 1.47 bits per heavy atom. The molecule has 0 aliphatic heterocycles. The third kappa shape index (κ3) is 3.08. The van der Waals surface area contributed by atoms with Gasteiger partial charge in [0.1, 0.15) is 0 Å². The van der Waals surface area contributed by atoms with Crippen molar-refractivity contribution >= 4 is 5.95 Å². The van der Waals surface area contributed by atoms with Gasteiger partial charge in [0.15, 0.2) is 0 Å². The summed E-state index contributed by atoms with van der Waals surface area (Å²) in [5, 5.41) is 0. The van der Waals surface area contributed by atoms with Crippen LogP contribution < -0.4 is 4.90 Å². The highest BCUT2D eigenvalue weighted by Gasteiger charge is 2.10. The van der Waals surface area contributed by atoms with Crippen LogP contribution in [0.4, 0.5) is 14.7 Å². The van der Waals surface area contributed by atoms with Crippen molar-refractivity contribution in [2.24, 2.45) is 0 Å². The van der Waals surface area contributed by atoms with Gasteiger partial charge < -0.3 is 4.90 Å². The molecule has 0 aliphatic carbocycles. The topological polar surface area (TPSA) is 41.9 Å². The van der Waals surface area contributed by atoms with Crippen LogP contribution in [0.25, 0.3) is 0 Å². The molecule has 0 bridgehead atoms. The van der Waals surface area contributed by atoms with Gasteiger partial charge in [0.05, 0.1) is 0 Å². The van der Waals surface area contributed by atoms with E-state index < -0.39 is 12.2 Å². The Balaban J connectivity index is 2.98. The smallest absolute Gasteiger partial charge is 0.315 e. The van der Waals surface area contributed by atoms with Gasteiger partial charge in [0.25, 0.3) is 0 Å². The van der Waals surface area contributed by atoms with Gasteiger partial charge in [-0.2, -0.15) is 23.7 Å². The van der Waals surface area contributed by atoms with Crippen molar-refractivity contribution in [1.29, 1.82) is 0 Å². The number of nitrogens with zero attached hydrogens (tertiary/aromatic N) is 4. The van der Waals surface area contributed by atoms with Crippen molar-refractivity contribution in [3.05, 3.63) is 37.5 Å². The molecular weight excluding hydrogens is 202 g/mol. The van der Waals surface area contributed by atoms with Gasteiger partial charge in [-0.1, -0.05) is 12.2 Å². The largest absolute Gasteiger partial charge is 0.333 e. The molecule has 6 heteroatoms. The van der Waals surface area contributed by atoms with Crippen molar-refractivity contribution in [1.82, 2.24) is 15.0 Å². The molecule has 4 nitrogen and oxygen atoms in total. The Morgan fingerprint density at radius 1 is 1.00 bits per heavy atom. The zero-order chi connectivity index (χ0) is 11.3. The van der Waals surface area contributed by atoms with Crippen LogP contribution in [0.2, 0.25) is 0 Å². The fourth-order valence-corrected chi connectivity index (χ4v) is 1.01. The highest BCUT2D eigenvalue weighted by atomic mass is 19.1. The van der Waals surface area contributed by atoms with E-state index in [-0.39, 0.29) is 5.95 Å². The summed E-state index contributed by atoms with van der Waals surface area (Å²) in [4.78, 5) is 11.1. The summed E-state index contributed by atoms with van der Waals surface area (Å²) < 4.78 is 25.4. The van der Waals surface area contributed by atoms with Gasteiger partial charge in [-0.05, 0) is 0 Å². The fraction of sp³-hybridized carbons (Fsp3) is 0.222. The van der Waals surface area contributed by atoms with Crippen LogP contribution >= 0.6 is 0 Å². The first-order valence-corrected chi connectivity index (χ1v) is 4.21. The number of anilines is 1. The predicted molar refractivity (Wildman–Crippen MR) is 52.4 cm³/mol. The van der Waals surface area contributed by atoms with Crippen LogP contribution in [0.3, 0.4) is 0 Å².